The van der Waals surface area contributed by atoms with Gasteiger partial charge in [0.05, 0.1) is 12.5 Å². The molecule has 4 nitrogen and oxygen atoms in total. The van der Waals surface area contributed by atoms with Crippen molar-refractivity contribution in [1.82, 2.24) is 0 Å². The summed E-state index contributed by atoms with van der Waals surface area (Å²) in [4.78, 5) is 24.2. The van der Waals surface area contributed by atoms with Gasteiger partial charge < -0.3 is 9.84 Å². The van der Waals surface area contributed by atoms with E-state index in [2.05, 4.69) is 0 Å². The second-order valence-electron chi connectivity index (χ2n) is 5.48. The number of hydrogen-bond acceptors (Lipinski definition) is 4. The molecule has 0 aromatic heterocycles. The van der Waals surface area contributed by atoms with Gasteiger partial charge >= 0.3 is 5.97 Å². The van der Waals surface area contributed by atoms with Crippen molar-refractivity contribution in [2.75, 3.05) is 6.61 Å². The Kier molecular flexibility index (Phi) is 4.23. The third-order valence-electron chi connectivity index (χ3n) is 3.93. The Labute approximate surface area is 118 Å². The molecule has 3 atom stereocenters. The smallest absolute Gasteiger partial charge is 0.309 e. The number of ether oxygens (including phenoxy) is 1. The van der Waals surface area contributed by atoms with Crippen LogP contribution < -0.4 is 0 Å². The highest BCUT2D eigenvalue weighted by Gasteiger charge is 2.46. The Morgan fingerprint density at radius 3 is 2.65 bits per heavy atom. The lowest BCUT2D eigenvalue weighted by molar-refractivity contribution is -0.157. The zero-order valence-corrected chi connectivity index (χ0v) is 11.8. The first-order chi connectivity index (χ1) is 9.45. The van der Waals surface area contributed by atoms with Crippen molar-refractivity contribution in [3.63, 3.8) is 0 Å². The Morgan fingerprint density at radius 1 is 1.40 bits per heavy atom. The molecule has 1 fully saturated rings. The van der Waals surface area contributed by atoms with Gasteiger partial charge in [0, 0.05) is 12.3 Å². The minimum absolute atomic E-state index is 0.115. The van der Waals surface area contributed by atoms with E-state index in [1.807, 2.05) is 30.3 Å². The van der Waals surface area contributed by atoms with E-state index in [-0.39, 0.29) is 30.5 Å². The number of carbonyl (C=O) groups is 2. The van der Waals surface area contributed by atoms with Crippen molar-refractivity contribution in [2.45, 2.75) is 38.2 Å². The lowest BCUT2D eigenvalue weighted by atomic mass is 9.69. The average Bonchev–Trinajstić information content (AvgIpc) is 2.42. The van der Waals surface area contributed by atoms with Crippen molar-refractivity contribution in [3.05, 3.63) is 35.9 Å². The molecule has 1 aromatic carbocycles. The lowest BCUT2D eigenvalue weighted by Crippen LogP contribution is -2.46. The molecule has 0 radical (unpaired) electrons. The number of aliphatic hydroxyl groups is 1. The molecular formula is C16H20O4. The van der Waals surface area contributed by atoms with Crippen LogP contribution in [0, 0.1) is 5.92 Å². The van der Waals surface area contributed by atoms with E-state index < -0.39 is 11.5 Å². The number of carbonyl (C=O) groups excluding carboxylic acids is 2. The van der Waals surface area contributed by atoms with Gasteiger partial charge in [0.15, 0.2) is 5.78 Å². The Balaban J connectivity index is 2.31. The average molecular weight is 276 g/mol. The van der Waals surface area contributed by atoms with Gasteiger partial charge in [0.1, 0.15) is 5.60 Å². The van der Waals surface area contributed by atoms with Crippen LogP contribution in [-0.2, 0) is 14.3 Å². The molecule has 0 spiro atoms. The van der Waals surface area contributed by atoms with Crippen LogP contribution in [0.4, 0.5) is 0 Å². The maximum Gasteiger partial charge on any atom is 0.309 e. The molecule has 3 unspecified atom stereocenters. The Hall–Kier alpha value is -1.68. The van der Waals surface area contributed by atoms with Gasteiger partial charge in [-0.15, -0.1) is 0 Å². The first-order valence-corrected chi connectivity index (χ1v) is 6.93. The number of esters is 1. The lowest BCUT2D eigenvalue weighted by Gasteiger charge is -2.37. The highest BCUT2D eigenvalue weighted by Crippen LogP contribution is 2.40. The molecule has 1 aliphatic rings. The van der Waals surface area contributed by atoms with Gasteiger partial charge in [-0.25, -0.2) is 0 Å². The fourth-order valence-electron chi connectivity index (χ4n) is 2.79. The van der Waals surface area contributed by atoms with E-state index in [9.17, 15) is 14.7 Å². The summed E-state index contributed by atoms with van der Waals surface area (Å²) in [5, 5.41) is 10.1. The van der Waals surface area contributed by atoms with Crippen molar-refractivity contribution in [3.8, 4) is 0 Å². The van der Waals surface area contributed by atoms with Crippen LogP contribution in [0.3, 0.4) is 0 Å². The normalized spacial score (nSPS) is 30.1. The molecule has 1 aromatic rings. The summed E-state index contributed by atoms with van der Waals surface area (Å²) < 4.78 is 5.10. The highest BCUT2D eigenvalue weighted by molar-refractivity contribution is 5.90. The van der Waals surface area contributed by atoms with Gasteiger partial charge in [-0.1, -0.05) is 30.3 Å². The molecule has 0 saturated heterocycles. The third-order valence-corrected chi connectivity index (χ3v) is 3.93. The van der Waals surface area contributed by atoms with Gasteiger partial charge in [-0.3, -0.25) is 9.59 Å². The van der Waals surface area contributed by atoms with Crippen LogP contribution in [-0.4, -0.2) is 29.1 Å². The summed E-state index contributed by atoms with van der Waals surface area (Å²) in [5.41, 5.74) is -0.502. The zero-order chi connectivity index (χ0) is 14.8. The van der Waals surface area contributed by atoms with Crippen molar-refractivity contribution in [2.24, 2.45) is 5.92 Å². The first-order valence-electron chi connectivity index (χ1n) is 6.93. The topological polar surface area (TPSA) is 63.6 Å². The van der Waals surface area contributed by atoms with Crippen LogP contribution >= 0.6 is 0 Å². The predicted molar refractivity (Wildman–Crippen MR) is 74.2 cm³/mol. The molecule has 108 valence electrons. The molecule has 4 heteroatoms. The molecule has 0 heterocycles. The number of hydrogen-bond donors (Lipinski definition) is 1. The largest absolute Gasteiger partial charge is 0.466 e. The molecule has 1 aliphatic carbocycles. The summed E-state index contributed by atoms with van der Waals surface area (Å²) in [6.45, 7) is 3.53. The van der Waals surface area contributed by atoms with E-state index in [0.29, 0.717) is 6.61 Å². The Morgan fingerprint density at radius 2 is 2.05 bits per heavy atom. The number of rotatable bonds is 3. The predicted octanol–water partition coefficient (Wildman–Crippen LogP) is 2.06. The zero-order valence-electron chi connectivity index (χ0n) is 11.8. The first kappa shape index (κ1) is 14.7. The minimum Gasteiger partial charge on any atom is -0.466 e. The van der Waals surface area contributed by atoms with E-state index in [4.69, 9.17) is 4.74 Å². The van der Waals surface area contributed by atoms with Crippen molar-refractivity contribution in [1.29, 1.82) is 0 Å². The third kappa shape index (κ3) is 2.90. The van der Waals surface area contributed by atoms with Crippen LogP contribution in [0.15, 0.2) is 30.3 Å². The van der Waals surface area contributed by atoms with Crippen molar-refractivity contribution < 1.29 is 19.4 Å². The van der Waals surface area contributed by atoms with Gasteiger partial charge in [-0.05, 0) is 25.8 Å². The van der Waals surface area contributed by atoms with Crippen LogP contribution in [0.1, 0.15) is 38.2 Å². The molecule has 0 aliphatic heterocycles. The van der Waals surface area contributed by atoms with Gasteiger partial charge in [0.2, 0.25) is 0 Å². The summed E-state index contributed by atoms with van der Waals surface area (Å²) in [7, 11) is 0. The van der Waals surface area contributed by atoms with E-state index >= 15 is 0 Å². The number of ketones is 1. The minimum atomic E-state index is -1.44. The quantitative estimate of drug-likeness (QED) is 0.858. The second kappa shape index (κ2) is 5.75. The number of benzene rings is 1. The van der Waals surface area contributed by atoms with Gasteiger partial charge in [0.25, 0.3) is 0 Å². The Bertz CT molecular complexity index is 492. The van der Waals surface area contributed by atoms with Crippen LogP contribution in [0.25, 0.3) is 0 Å². The van der Waals surface area contributed by atoms with E-state index in [1.54, 1.807) is 6.92 Å². The van der Waals surface area contributed by atoms with Crippen LogP contribution in [0.5, 0.6) is 0 Å². The van der Waals surface area contributed by atoms with Crippen LogP contribution in [0.2, 0.25) is 0 Å². The fourth-order valence-corrected chi connectivity index (χ4v) is 2.79. The summed E-state index contributed by atoms with van der Waals surface area (Å²) in [6.07, 6.45) is 0.282. The second-order valence-corrected chi connectivity index (χ2v) is 5.48. The maximum absolute atomic E-state index is 12.1. The van der Waals surface area contributed by atoms with E-state index in [1.165, 1.54) is 6.92 Å². The molecule has 1 N–H and O–H groups in total. The molecule has 1 saturated carbocycles. The fraction of sp³-hybridized carbons (Fsp3) is 0.500. The molecule has 2 rings (SSSR count). The monoisotopic (exact) mass is 276 g/mol. The molecule has 20 heavy (non-hydrogen) atoms. The standard InChI is InChI=1S/C16H20O4/c1-3-20-15(18)13-10-16(2,19)14(17)9-12(13)11-7-5-4-6-8-11/h4-8,12-13,19H,3,9-10H2,1-2H3. The van der Waals surface area contributed by atoms with Crippen molar-refractivity contribution >= 4 is 11.8 Å². The summed E-state index contributed by atoms with van der Waals surface area (Å²) in [5.74, 6) is -1.26. The highest BCUT2D eigenvalue weighted by atomic mass is 16.5. The molecule has 0 amide bonds. The molecule has 0 bridgehead atoms. The SMILES string of the molecule is CCOC(=O)C1CC(C)(O)C(=O)CC1c1ccccc1. The summed E-state index contributed by atoms with van der Waals surface area (Å²) in [6, 6.07) is 9.47. The van der Waals surface area contributed by atoms with E-state index in [0.717, 1.165) is 5.56 Å². The molecular weight excluding hydrogens is 256 g/mol. The summed E-state index contributed by atoms with van der Waals surface area (Å²) >= 11 is 0. The maximum atomic E-state index is 12.1. The van der Waals surface area contributed by atoms with Gasteiger partial charge in [-0.2, -0.15) is 0 Å². The number of Topliss-reactive ketones (excluding diaryl/α,β-unsaturated/α-hetero) is 1.